The van der Waals surface area contributed by atoms with E-state index in [1.54, 1.807) is 14.7 Å². The number of hydrogen-bond donors (Lipinski definition) is 2. The van der Waals surface area contributed by atoms with E-state index >= 15 is 0 Å². The summed E-state index contributed by atoms with van der Waals surface area (Å²) in [7, 11) is -3.53. The van der Waals surface area contributed by atoms with E-state index in [-0.39, 0.29) is 17.5 Å². The minimum atomic E-state index is -3.53. The molecule has 0 atom stereocenters. The summed E-state index contributed by atoms with van der Waals surface area (Å²) in [6.07, 6.45) is 4.23. The molecule has 0 spiro atoms. The van der Waals surface area contributed by atoms with Gasteiger partial charge in [0.2, 0.25) is 0 Å². The second kappa shape index (κ2) is 12.0. The molecule has 0 radical (unpaired) electrons. The molecule has 12 nitrogen and oxygen atoms in total. The van der Waals surface area contributed by atoms with Crippen LogP contribution in [0.4, 0.5) is 5.69 Å². The van der Waals surface area contributed by atoms with Gasteiger partial charge in [-0.1, -0.05) is 0 Å². The number of hydrogen-bond acceptors (Lipinski definition) is 7. The fourth-order valence-corrected chi connectivity index (χ4v) is 8.72. The first-order valence-electron chi connectivity index (χ1n) is 16.4. The fourth-order valence-electron chi connectivity index (χ4n) is 7.10. The average molecular weight is 641 g/mol. The zero-order valence-electron chi connectivity index (χ0n) is 27.3. The molecule has 45 heavy (non-hydrogen) atoms. The number of benzene rings is 1. The van der Waals surface area contributed by atoms with E-state index in [9.17, 15) is 18.0 Å². The molecule has 3 N–H and O–H groups in total. The van der Waals surface area contributed by atoms with Crippen LogP contribution >= 0.6 is 0 Å². The highest BCUT2D eigenvalue weighted by Crippen LogP contribution is 2.38. The molecular formula is C32H48N8O4S. The van der Waals surface area contributed by atoms with Crippen molar-refractivity contribution < 1.29 is 18.0 Å². The summed E-state index contributed by atoms with van der Waals surface area (Å²) in [5.41, 5.74) is 9.36. The van der Waals surface area contributed by atoms with Crippen molar-refractivity contribution in [3.8, 4) is 5.69 Å². The van der Waals surface area contributed by atoms with E-state index in [4.69, 9.17) is 10.8 Å². The van der Waals surface area contributed by atoms with Crippen LogP contribution in [0, 0.1) is 12.8 Å². The molecule has 3 fully saturated rings. The standard InChI is InChI=1S/C32H48N8O4S/c1-21(2)36-14-16-38(17-15-36)45(43,44)37-12-10-24(11-13-37)34-27-18-25(8-9-26(27)30(33)41)40-28-19-32(4,5)39(20-23-6-7-23)31(42)29(28)22(3)35-40/h8-9,18,21,23-24,34H,6-7,10-17,19-20H2,1-5H3,(H2,33,41). The summed E-state index contributed by atoms with van der Waals surface area (Å²) in [6, 6.07) is 5.76. The number of piperidine rings is 1. The number of carbonyl (C=O) groups excluding carboxylic acids is 2. The van der Waals surface area contributed by atoms with Gasteiger partial charge in [-0.2, -0.15) is 22.1 Å². The largest absolute Gasteiger partial charge is 0.382 e. The van der Waals surface area contributed by atoms with E-state index in [1.165, 1.54) is 12.8 Å². The molecule has 246 valence electrons. The number of rotatable bonds is 9. The number of aromatic nitrogens is 2. The van der Waals surface area contributed by atoms with E-state index in [2.05, 4.69) is 37.9 Å². The van der Waals surface area contributed by atoms with Crippen molar-refractivity contribution in [3.63, 3.8) is 0 Å². The van der Waals surface area contributed by atoms with Crippen molar-refractivity contribution in [1.29, 1.82) is 0 Å². The minimum absolute atomic E-state index is 0.0347. The summed E-state index contributed by atoms with van der Waals surface area (Å²) in [4.78, 5) is 30.5. The van der Waals surface area contributed by atoms with Gasteiger partial charge in [0.1, 0.15) is 0 Å². The highest BCUT2D eigenvalue weighted by atomic mass is 32.2. The van der Waals surface area contributed by atoms with Gasteiger partial charge in [-0.05, 0) is 84.4 Å². The minimum Gasteiger partial charge on any atom is -0.382 e. The van der Waals surface area contributed by atoms with E-state index < -0.39 is 16.1 Å². The zero-order chi connectivity index (χ0) is 32.3. The number of carbonyl (C=O) groups is 2. The number of anilines is 1. The second-order valence-electron chi connectivity index (χ2n) is 14.1. The Bertz CT molecular complexity index is 1570. The molecule has 3 aliphatic heterocycles. The second-order valence-corrected chi connectivity index (χ2v) is 16.0. The number of fused-ring (bicyclic) bond motifs is 1. The number of piperazine rings is 1. The molecule has 1 aromatic heterocycles. The van der Waals surface area contributed by atoms with Crippen molar-refractivity contribution in [2.24, 2.45) is 11.7 Å². The van der Waals surface area contributed by atoms with Crippen molar-refractivity contribution in [3.05, 3.63) is 40.7 Å². The van der Waals surface area contributed by atoms with Crippen molar-refractivity contribution in [1.82, 2.24) is 28.2 Å². The lowest BCUT2D eigenvalue weighted by atomic mass is 9.87. The van der Waals surface area contributed by atoms with Gasteiger partial charge in [0.05, 0.1) is 28.2 Å². The van der Waals surface area contributed by atoms with Gasteiger partial charge in [-0.15, -0.1) is 0 Å². The summed E-state index contributed by atoms with van der Waals surface area (Å²) in [5.74, 6) is 0.0790. The van der Waals surface area contributed by atoms with Crippen LogP contribution in [0.5, 0.6) is 0 Å². The molecule has 0 bridgehead atoms. The van der Waals surface area contributed by atoms with Crippen LogP contribution < -0.4 is 11.1 Å². The van der Waals surface area contributed by atoms with Gasteiger partial charge in [0.15, 0.2) is 0 Å². The molecule has 6 rings (SSSR count). The lowest BCUT2D eigenvalue weighted by molar-refractivity contribution is 0.0487. The highest BCUT2D eigenvalue weighted by Gasteiger charge is 2.44. The number of nitrogens with one attached hydrogen (secondary N) is 1. The molecular weight excluding hydrogens is 592 g/mol. The predicted molar refractivity (Wildman–Crippen MR) is 174 cm³/mol. The Morgan fingerprint density at radius 3 is 2.29 bits per heavy atom. The Morgan fingerprint density at radius 2 is 1.69 bits per heavy atom. The first-order chi connectivity index (χ1) is 21.3. The van der Waals surface area contributed by atoms with Crippen LogP contribution in [-0.2, 0) is 16.6 Å². The summed E-state index contributed by atoms with van der Waals surface area (Å²) in [5, 5.41) is 8.31. The lowest BCUT2D eigenvalue weighted by Gasteiger charge is -2.42. The van der Waals surface area contributed by atoms with Crippen molar-refractivity contribution >= 4 is 27.7 Å². The summed E-state index contributed by atoms with van der Waals surface area (Å²) >= 11 is 0. The van der Waals surface area contributed by atoms with Gasteiger partial charge >= 0.3 is 0 Å². The third kappa shape index (κ3) is 6.24. The van der Waals surface area contributed by atoms with Crippen LogP contribution in [0.15, 0.2) is 18.2 Å². The number of amides is 2. The lowest BCUT2D eigenvalue weighted by Crippen LogP contribution is -2.55. The number of primary amides is 1. The Labute approximate surface area is 267 Å². The third-order valence-electron chi connectivity index (χ3n) is 10.1. The van der Waals surface area contributed by atoms with E-state index in [1.807, 2.05) is 28.6 Å². The fraction of sp³-hybridized carbons (Fsp3) is 0.656. The van der Waals surface area contributed by atoms with Gasteiger partial charge in [0.25, 0.3) is 22.0 Å². The van der Waals surface area contributed by atoms with E-state index in [0.717, 1.165) is 31.0 Å². The first-order valence-corrected chi connectivity index (χ1v) is 17.8. The predicted octanol–water partition coefficient (Wildman–Crippen LogP) is 2.61. The van der Waals surface area contributed by atoms with Crippen LogP contribution in [0.1, 0.15) is 85.5 Å². The maximum Gasteiger partial charge on any atom is 0.282 e. The average Bonchev–Trinajstić information content (AvgIpc) is 3.76. The zero-order valence-corrected chi connectivity index (χ0v) is 28.1. The molecule has 13 heteroatoms. The number of nitrogens with zero attached hydrogens (tertiary/aromatic N) is 6. The SMILES string of the molecule is Cc1nn(-c2ccc(C(N)=O)c(NC3CCN(S(=O)(=O)N4CCN(C(C)C)CC4)CC3)c2)c2c1C(=O)N(CC1CC1)C(C)(C)C2. The molecule has 1 aliphatic carbocycles. The first kappa shape index (κ1) is 32.0. The quantitative estimate of drug-likeness (QED) is 0.430. The molecule has 0 unspecified atom stereocenters. The van der Waals surface area contributed by atoms with Gasteiger partial charge in [-0.25, -0.2) is 4.68 Å². The Balaban J connectivity index is 1.18. The Hall–Kier alpha value is -3.00. The molecule has 4 heterocycles. The maximum atomic E-state index is 13.7. The van der Waals surface area contributed by atoms with Crippen molar-refractivity contribution in [2.75, 3.05) is 51.1 Å². The smallest absolute Gasteiger partial charge is 0.282 e. The molecule has 2 aromatic rings. The Morgan fingerprint density at radius 1 is 1.04 bits per heavy atom. The normalized spacial score (nSPS) is 22.2. The number of nitrogens with two attached hydrogens (primary N) is 1. The van der Waals surface area contributed by atoms with Crippen LogP contribution in [0.2, 0.25) is 0 Å². The van der Waals surface area contributed by atoms with Gasteiger partial charge in [0, 0.05) is 75.5 Å². The molecule has 1 aromatic carbocycles. The maximum absolute atomic E-state index is 13.7. The van der Waals surface area contributed by atoms with E-state index in [0.29, 0.717) is 79.9 Å². The summed E-state index contributed by atoms with van der Waals surface area (Å²) in [6.45, 7) is 14.5. The Kier molecular flexibility index (Phi) is 8.51. The number of aryl methyl sites for hydroxylation is 1. The van der Waals surface area contributed by atoms with Crippen LogP contribution in [-0.4, -0.2) is 112 Å². The molecule has 4 aliphatic rings. The van der Waals surface area contributed by atoms with Crippen LogP contribution in [0.25, 0.3) is 5.69 Å². The van der Waals surface area contributed by atoms with Crippen molar-refractivity contribution in [2.45, 2.75) is 84.3 Å². The topological polar surface area (TPSA) is 137 Å². The monoisotopic (exact) mass is 640 g/mol. The molecule has 1 saturated carbocycles. The molecule has 2 saturated heterocycles. The highest BCUT2D eigenvalue weighted by molar-refractivity contribution is 7.86. The van der Waals surface area contributed by atoms with Crippen LogP contribution in [0.3, 0.4) is 0 Å². The third-order valence-corrected chi connectivity index (χ3v) is 12.1. The van der Waals surface area contributed by atoms with Gasteiger partial charge < -0.3 is 16.0 Å². The molecule has 2 amide bonds. The van der Waals surface area contributed by atoms with Gasteiger partial charge in [-0.3, -0.25) is 14.5 Å². The summed E-state index contributed by atoms with van der Waals surface area (Å²) < 4.78 is 31.8.